The fraction of sp³-hybridized carbons (Fsp3) is 1.00. The zero-order valence-electron chi connectivity index (χ0n) is 16.9. The van der Waals surface area contributed by atoms with Gasteiger partial charge < -0.3 is 15.5 Å². The Balaban J connectivity index is 0.000000203. The summed E-state index contributed by atoms with van der Waals surface area (Å²) < 4.78 is 19.5. The van der Waals surface area contributed by atoms with Gasteiger partial charge in [0.15, 0.2) is 0 Å². The van der Waals surface area contributed by atoms with E-state index in [9.17, 15) is 14.7 Å². The molecule has 3 aliphatic rings. The first kappa shape index (κ1) is 23.7. The number of nitrogens with zero attached hydrogens (tertiary/aromatic N) is 1. The topological polar surface area (TPSA) is 123 Å². The molecule has 0 radical (unpaired) electrons. The Bertz CT molecular complexity index is 493. The highest BCUT2D eigenvalue weighted by Gasteiger charge is 2.49. The van der Waals surface area contributed by atoms with Crippen LogP contribution in [0.1, 0.15) is 58.3 Å². The number of phosphoric acid groups is 1. The van der Waals surface area contributed by atoms with Gasteiger partial charge in [0.25, 0.3) is 5.54 Å². The van der Waals surface area contributed by atoms with Gasteiger partial charge >= 0.3 is 7.82 Å². The van der Waals surface area contributed by atoms with Crippen molar-refractivity contribution < 1.29 is 23.4 Å². The summed E-state index contributed by atoms with van der Waals surface area (Å²) in [6, 6.07) is 0. The molecule has 3 heterocycles. The summed E-state index contributed by atoms with van der Waals surface area (Å²) in [7, 11) is -4.02. The molecule has 9 nitrogen and oxygen atoms in total. The number of hydrogen-bond acceptors (Lipinski definition) is 7. The molecule has 3 fully saturated rings. The summed E-state index contributed by atoms with van der Waals surface area (Å²) >= 11 is 0. The monoisotopic (exact) mass is 421 g/mol. The van der Waals surface area contributed by atoms with Crippen LogP contribution in [0.5, 0.6) is 0 Å². The van der Waals surface area contributed by atoms with Crippen molar-refractivity contribution in [2.75, 3.05) is 39.4 Å². The van der Waals surface area contributed by atoms with Crippen molar-refractivity contribution in [1.29, 1.82) is 0 Å². The first-order chi connectivity index (χ1) is 13.4. The molecule has 0 spiro atoms. The summed E-state index contributed by atoms with van der Waals surface area (Å²) in [6.07, 6.45) is 10.4. The largest absolute Gasteiger partial charge is 0.472 e. The summed E-state index contributed by atoms with van der Waals surface area (Å²) in [6.45, 7) is 5.88. The van der Waals surface area contributed by atoms with Crippen LogP contribution in [0.3, 0.4) is 0 Å². The number of phosphoric ester groups is 1. The molecule has 3 saturated heterocycles. The molecule has 3 N–H and O–H groups in total. The Labute approximate surface area is 167 Å². The third kappa shape index (κ3) is 7.69. The summed E-state index contributed by atoms with van der Waals surface area (Å²) in [4.78, 5) is 18.8. The molecule has 0 bridgehead atoms. The fourth-order valence-electron chi connectivity index (χ4n) is 3.96. The molecule has 10 heteroatoms. The number of hydrogen-bond donors (Lipinski definition) is 3. The van der Waals surface area contributed by atoms with Gasteiger partial charge in [-0.3, -0.25) is 19.2 Å². The van der Waals surface area contributed by atoms with Crippen LogP contribution in [0, 0.1) is 22.0 Å². The summed E-state index contributed by atoms with van der Waals surface area (Å²) in [5, 5.41) is 17.5. The van der Waals surface area contributed by atoms with E-state index in [0.29, 0.717) is 0 Å². The average molecular weight is 421 g/mol. The highest BCUT2D eigenvalue weighted by molar-refractivity contribution is 7.47. The van der Waals surface area contributed by atoms with Crippen molar-refractivity contribution >= 4 is 7.82 Å². The van der Waals surface area contributed by atoms with E-state index in [1.807, 2.05) is 0 Å². The maximum Gasteiger partial charge on any atom is 0.472 e. The van der Waals surface area contributed by atoms with Gasteiger partial charge in [-0.15, -0.1) is 0 Å². The molecule has 0 atom stereocenters. The van der Waals surface area contributed by atoms with Crippen LogP contribution in [0.2, 0.25) is 0 Å². The minimum absolute atomic E-state index is 0.194. The third-order valence-corrected chi connectivity index (χ3v) is 7.09. The van der Waals surface area contributed by atoms with Gasteiger partial charge in [0.05, 0.1) is 0 Å². The lowest BCUT2D eigenvalue weighted by atomic mass is 9.87. The quantitative estimate of drug-likeness (QED) is 0.340. The second-order valence-electron chi connectivity index (χ2n) is 8.17. The molecule has 0 aromatic rings. The molecule has 164 valence electrons. The van der Waals surface area contributed by atoms with Gasteiger partial charge in [-0.2, -0.15) is 0 Å². The van der Waals surface area contributed by atoms with Crippen LogP contribution >= 0.6 is 7.82 Å². The van der Waals surface area contributed by atoms with E-state index in [-0.39, 0.29) is 19.6 Å². The molecule has 0 aliphatic carbocycles. The van der Waals surface area contributed by atoms with Crippen molar-refractivity contribution in [2.24, 2.45) is 11.8 Å². The van der Waals surface area contributed by atoms with Crippen LogP contribution in [0.15, 0.2) is 0 Å². The third-order valence-electron chi connectivity index (χ3n) is 6.18. The lowest BCUT2D eigenvalue weighted by Gasteiger charge is -2.29. The Morgan fingerprint density at radius 1 is 1.04 bits per heavy atom. The van der Waals surface area contributed by atoms with Gasteiger partial charge in [0.2, 0.25) is 0 Å². The summed E-state index contributed by atoms with van der Waals surface area (Å²) in [5.41, 5.74) is -1.38. The van der Waals surface area contributed by atoms with E-state index in [0.717, 1.165) is 11.8 Å². The molecule has 0 saturated carbocycles. The smallest absolute Gasteiger partial charge is 0.317 e. The molecule has 0 aromatic carbocycles. The SMILES string of the molecule is C(CC1CCNCC1)CC1CCNCC1.CCC1([N+](=O)[O-])COP(=O)(O)OC1. The molecule has 0 amide bonds. The van der Waals surface area contributed by atoms with E-state index in [4.69, 9.17) is 4.89 Å². The molecular weight excluding hydrogens is 385 g/mol. The van der Waals surface area contributed by atoms with E-state index in [2.05, 4.69) is 19.7 Å². The molecule has 3 aliphatic heterocycles. The Morgan fingerprint density at radius 3 is 1.82 bits per heavy atom. The highest BCUT2D eigenvalue weighted by Crippen LogP contribution is 2.48. The normalized spacial score (nSPS) is 32.4. The first-order valence-corrected chi connectivity index (χ1v) is 12.0. The van der Waals surface area contributed by atoms with Crippen LogP contribution in [-0.2, 0) is 13.6 Å². The molecule has 28 heavy (non-hydrogen) atoms. The van der Waals surface area contributed by atoms with Crippen molar-refractivity contribution in [2.45, 2.75) is 63.8 Å². The zero-order valence-corrected chi connectivity index (χ0v) is 17.8. The lowest BCUT2D eigenvalue weighted by Crippen LogP contribution is -2.48. The second-order valence-corrected chi connectivity index (χ2v) is 9.62. The summed E-state index contributed by atoms with van der Waals surface area (Å²) in [5.74, 6) is 2.07. The maximum absolute atomic E-state index is 10.7. The first-order valence-electron chi connectivity index (χ1n) is 10.5. The van der Waals surface area contributed by atoms with Crippen molar-refractivity contribution in [3.05, 3.63) is 10.1 Å². The number of nitro groups is 1. The minimum Gasteiger partial charge on any atom is -0.317 e. The van der Waals surface area contributed by atoms with E-state index in [1.165, 1.54) is 71.1 Å². The van der Waals surface area contributed by atoms with Gasteiger partial charge in [0.1, 0.15) is 13.2 Å². The fourth-order valence-corrected chi connectivity index (χ4v) is 4.84. The Hall–Kier alpha value is -0.570. The maximum atomic E-state index is 10.7. The number of rotatable bonds is 6. The van der Waals surface area contributed by atoms with Gasteiger partial charge in [0, 0.05) is 11.3 Å². The van der Waals surface area contributed by atoms with E-state index in [1.54, 1.807) is 6.92 Å². The molecule has 0 unspecified atom stereocenters. The van der Waals surface area contributed by atoms with Crippen molar-refractivity contribution in [3.63, 3.8) is 0 Å². The lowest BCUT2D eigenvalue weighted by molar-refractivity contribution is -0.579. The van der Waals surface area contributed by atoms with E-state index < -0.39 is 18.3 Å². The Kier molecular flexibility index (Phi) is 9.80. The standard InChI is InChI=1S/C13H26N2.C5H10NO6P/c1(2-12-4-8-14-9-5-12)3-13-6-10-15-11-7-13;1-2-5(6(7)8)3-11-13(9,10)12-4-5/h12-15H,1-11H2;2-4H2,1H3,(H,9,10). The van der Waals surface area contributed by atoms with Crippen LogP contribution in [0.4, 0.5) is 0 Å². The average Bonchev–Trinajstić information content (AvgIpc) is 2.70. The van der Waals surface area contributed by atoms with Gasteiger partial charge in [-0.05, 0) is 63.7 Å². The van der Waals surface area contributed by atoms with Crippen LogP contribution < -0.4 is 10.6 Å². The second kappa shape index (κ2) is 11.6. The molecule has 0 aromatic heterocycles. The van der Waals surface area contributed by atoms with Crippen LogP contribution in [-0.4, -0.2) is 54.7 Å². The van der Waals surface area contributed by atoms with Crippen molar-refractivity contribution in [3.8, 4) is 0 Å². The highest BCUT2D eigenvalue weighted by atomic mass is 31.2. The Morgan fingerprint density at radius 2 is 1.46 bits per heavy atom. The predicted molar refractivity (Wildman–Crippen MR) is 107 cm³/mol. The number of nitrogens with one attached hydrogen (secondary N) is 2. The van der Waals surface area contributed by atoms with Crippen LogP contribution in [0.25, 0.3) is 0 Å². The zero-order chi connectivity index (χ0) is 20.5. The van der Waals surface area contributed by atoms with Crippen molar-refractivity contribution in [1.82, 2.24) is 10.6 Å². The van der Waals surface area contributed by atoms with Gasteiger partial charge in [-0.1, -0.05) is 26.2 Å². The van der Waals surface area contributed by atoms with E-state index >= 15 is 0 Å². The molecule has 3 rings (SSSR count). The minimum atomic E-state index is -4.02. The van der Waals surface area contributed by atoms with Gasteiger partial charge in [-0.25, -0.2) is 4.57 Å². The predicted octanol–water partition coefficient (Wildman–Crippen LogP) is 2.72. The molecular formula is C18H36N3O6P. The number of piperidine rings is 2.